The molecule has 3 aliphatic heterocycles. The van der Waals surface area contributed by atoms with E-state index in [4.69, 9.17) is 0 Å². The highest BCUT2D eigenvalue weighted by Gasteiger charge is 2.60. The number of thioether (sulfide) groups is 1. The number of thiazole rings is 1. The number of nitrogens with zero attached hydrogens (tertiary/aromatic N) is 3. The van der Waals surface area contributed by atoms with Crippen molar-refractivity contribution in [2.45, 2.75) is 31.2 Å². The monoisotopic (exact) mass is 423 g/mol. The number of aromatic nitrogens is 1. The van der Waals surface area contributed by atoms with Crippen LogP contribution in [0.2, 0.25) is 0 Å². The summed E-state index contributed by atoms with van der Waals surface area (Å²) in [5, 5.41) is 28.6. The number of hydrogen-bond donors (Lipinski definition) is 4. The second-order valence-electron chi connectivity index (χ2n) is 7.04. The number of anilines is 1. The van der Waals surface area contributed by atoms with Crippen LogP contribution in [0, 0.1) is 11.8 Å². The number of carbonyl (C=O) groups excluding carboxylic acids is 1. The molecule has 5 atom stereocenters. The van der Waals surface area contributed by atoms with Gasteiger partial charge in [0.25, 0.3) is 0 Å². The van der Waals surface area contributed by atoms with Crippen LogP contribution in [0.3, 0.4) is 0 Å². The topological polar surface area (TPSA) is 127 Å². The Hall–Kier alpha value is -2.11. The summed E-state index contributed by atoms with van der Waals surface area (Å²) >= 11 is 2.94. The minimum Gasteiger partial charge on any atom is -0.477 e. The first-order valence-electron chi connectivity index (χ1n) is 8.98. The zero-order valence-electron chi connectivity index (χ0n) is 15.3. The zero-order valence-corrected chi connectivity index (χ0v) is 17.0. The van der Waals surface area contributed by atoms with Gasteiger partial charge in [0.15, 0.2) is 11.1 Å². The van der Waals surface area contributed by atoms with Gasteiger partial charge in [-0.3, -0.25) is 9.79 Å². The number of aliphatic imine (C=N–C) groups is 1. The molecule has 0 aromatic carbocycles. The van der Waals surface area contributed by atoms with E-state index in [1.807, 2.05) is 12.3 Å². The van der Waals surface area contributed by atoms with Gasteiger partial charge >= 0.3 is 5.97 Å². The van der Waals surface area contributed by atoms with Crippen molar-refractivity contribution in [1.29, 1.82) is 0 Å². The van der Waals surface area contributed by atoms with Crippen LogP contribution < -0.4 is 10.6 Å². The maximum absolute atomic E-state index is 12.4. The van der Waals surface area contributed by atoms with E-state index in [9.17, 15) is 19.8 Å². The molecule has 4 heterocycles. The molecule has 11 heteroatoms. The number of aliphatic hydroxyl groups is 1. The predicted molar refractivity (Wildman–Crippen MR) is 107 cm³/mol. The van der Waals surface area contributed by atoms with Gasteiger partial charge in [-0.25, -0.2) is 9.78 Å². The molecule has 4 N–H and O–H groups in total. The van der Waals surface area contributed by atoms with Gasteiger partial charge in [0.2, 0.25) is 5.91 Å². The third-order valence-electron chi connectivity index (χ3n) is 5.21. The van der Waals surface area contributed by atoms with E-state index in [-0.39, 0.29) is 28.8 Å². The van der Waals surface area contributed by atoms with Crippen LogP contribution in [0.25, 0.3) is 0 Å². The van der Waals surface area contributed by atoms with E-state index in [2.05, 4.69) is 20.6 Å². The Bertz CT molecular complexity index is 854. The molecule has 3 aliphatic rings. The van der Waals surface area contributed by atoms with Crippen LogP contribution in [0.1, 0.15) is 13.8 Å². The highest BCUT2D eigenvalue weighted by atomic mass is 32.2. The van der Waals surface area contributed by atoms with Gasteiger partial charge in [-0.05, 0) is 6.92 Å². The molecule has 1 unspecified atom stereocenters. The number of hydrogen-bond acceptors (Lipinski definition) is 9. The number of rotatable bonds is 5. The fraction of sp³-hybridized carbons (Fsp3) is 0.529. The fourth-order valence-electron chi connectivity index (χ4n) is 3.93. The number of carbonyl (C=O) groups is 2. The lowest BCUT2D eigenvalue weighted by Crippen LogP contribution is -2.63. The molecule has 1 aromatic rings. The molecule has 4 rings (SSSR count). The predicted octanol–water partition coefficient (Wildman–Crippen LogP) is 0.770. The Balaban J connectivity index is 1.48. The van der Waals surface area contributed by atoms with E-state index in [0.29, 0.717) is 24.0 Å². The van der Waals surface area contributed by atoms with E-state index >= 15 is 0 Å². The Labute approximate surface area is 169 Å². The summed E-state index contributed by atoms with van der Waals surface area (Å²) in [5.41, 5.74) is 0.0556. The van der Waals surface area contributed by atoms with Crippen LogP contribution in [-0.4, -0.2) is 68.4 Å². The Morgan fingerprint density at radius 3 is 2.89 bits per heavy atom. The minimum absolute atomic E-state index is 0.0486. The lowest BCUT2D eigenvalue weighted by molar-refractivity contribution is -0.163. The standard InChI is InChI=1S/C17H21N5O4S2/c1-7-11-10(8(2)23)14(24)22(11)12(15(25)26)13(7)28-9-5-19-16(20-6-9)21-17-18-3-4-27-17/h3-4,7-11,23H,5-6H2,1-2H3,(H,25,26)(H2,18,19,20,21)/t7-,8-,10-,11-/m1/s1. The molecule has 1 fully saturated rings. The zero-order chi connectivity index (χ0) is 20.0. The average Bonchev–Trinajstić information content (AvgIpc) is 3.22. The average molecular weight is 424 g/mol. The maximum Gasteiger partial charge on any atom is 0.353 e. The van der Waals surface area contributed by atoms with Crippen molar-refractivity contribution in [2.75, 3.05) is 18.4 Å². The highest BCUT2D eigenvalue weighted by molar-refractivity contribution is 8.03. The van der Waals surface area contributed by atoms with Crippen LogP contribution in [-0.2, 0) is 9.59 Å². The minimum atomic E-state index is -1.10. The van der Waals surface area contributed by atoms with E-state index in [1.165, 1.54) is 28.0 Å². The largest absolute Gasteiger partial charge is 0.477 e. The SMILES string of the molecule is C[C@@H](O)[C@H]1C(=O)N2C(C(=O)O)=C(SC3CN=C(Nc4nccs4)NC3)[C@H](C)[C@H]12. The third-order valence-corrected chi connectivity index (χ3v) is 7.37. The molecule has 0 spiro atoms. The molecule has 150 valence electrons. The Morgan fingerprint density at radius 2 is 2.32 bits per heavy atom. The van der Waals surface area contributed by atoms with Gasteiger partial charge in [0.05, 0.1) is 24.6 Å². The van der Waals surface area contributed by atoms with Crippen molar-refractivity contribution >= 4 is 46.1 Å². The number of guanidine groups is 1. The Kier molecular flexibility index (Phi) is 5.06. The molecule has 28 heavy (non-hydrogen) atoms. The highest BCUT2D eigenvalue weighted by Crippen LogP contribution is 2.51. The molecule has 1 amide bonds. The number of nitrogens with one attached hydrogen (secondary N) is 2. The molecule has 0 aliphatic carbocycles. The van der Waals surface area contributed by atoms with Gasteiger partial charge in [0, 0.05) is 34.2 Å². The van der Waals surface area contributed by atoms with E-state index in [1.54, 1.807) is 13.1 Å². The van der Waals surface area contributed by atoms with E-state index in [0.717, 1.165) is 5.13 Å². The smallest absolute Gasteiger partial charge is 0.353 e. The summed E-state index contributed by atoms with van der Waals surface area (Å²) in [4.78, 5) is 34.9. The summed E-state index contributed by atoms with van der Waals surface area (Å²) in [5.74, 6) is -1.44. The molecule has 0 bridgehead atoms. The summed E-state index contributed by atoms with van der Waals surface area (Å²) in [6.45, 7) is 4.64. The maximum atomic E-state index is 12.4. The first kappa shape index (κ1) is 19.2. The number of aliphatic carboxylic acids is 1. The van der Waals surface area contributed by atoms with Gasteiger partial charge in [-0.2, -0.15) is 0 Å². The fourth-order valence-corrected chi connectivity index (χ4v) is 5.79. The van der Waals surface area contributed by atoms with Crippen LogP contribution in [0.5, 0.6) is 0 Å². The van der Waals surface area contributed by atoms with Crippen molar-refractivity contribution < 1.29 is 19.8 Å². The van der Waals surface area contributed by atoms with E-state index < -0.39 is 18.0 Å². The van der Waals surface area contributed by atoms with Gasteiger partial charge in [-0.15, -0.1) is 23.1 Å². The number of carboxylic acids is 1. The molecule has 0 saturated carbocycles. The molecule has 9 nitrogen and oxygen atoms in total. The number of amides is 1. The van der Waals surface area contributed by atoms with Crippen LogP contribution >= 0.6 is 23.1 Å². The van der Waals surface area contributed by atoms with Gasteiger partial charge in [0.1, 0.15) is 5.70 Å². The van der Waals surface area contributed by atoms with Crippen molar-refractivity contribution in [3.05, 3.63) is 22.2 Å². The quantitative estimate of drug-likeness (QED) is 0.512. The van der Waals surface area contributed by atoms with Crippen molar-refractivity contribution in [2.24, 2.45) is 16.8 Å². The molecular formula is C17H21N5O4S2. The normalized spacial score (nSPS) is 30.3. The Morgan fingerprint density at radius 1 is 1.54 bits per heavy atom. The summed E-state index contributed by atoms with van der Waals surface area (Å²) in [6, 6.07) is -0.289. The first-order chi connectivity index (χ1) is 13.4. The number of β-lactam (4-membered cyclic amide) rings is 1. The van der Waals surface area contributed by atoms with Crippen LogP contribution in [0.15, 0.2) is 27.2 Å². The van der Waals surface area contributed by atoms with Crippen molar-refractivity contribution in [3.8, 4) is 0 Å². The summed E-state index contributed by atoms with van der Waals surface area (Å²) in [7, 11) is 0. The van der Waals surface area contributed by atoms with Gasteiger partial charge in [-0.1, -0.05) is 6.92 Å². The van der Waals surface area contributed by atoms with Crippen molar-refractivity contribution in [1.82, 2.24) is 15.2 Å². The molecular weight excluding hydrogens is 402 g/mol. The first-order valence-corrected chi connectivity index (χ1v) is 10.7. The number of fused-ring (bicyclic) bond motifs is 1. The number of carboxylic acid groups (broad SMARTS) is 1. The lowest BCUT2D eigenvalue weighted by Gasteiger charge is -2.46. The van der Waals surface area contributed by atoms with Crippen LogP contribution in [0.4, 0.5) is 5.13 Å². The second kappa shape index (κ2) is 7.37. The van der Waals surface area contributed by atoms with Gasteiger partial charge < -0.3 is 25.7 Å². The lowest BCUT2D eigenvalue weighted by atomic mass is 9.79. The second-order valence-corrected chi connectivity index (χ2v) is 9.28. The number of aliphatic hydroxyl groups excluding tert-OH is 1. The molecule has 1 aromatic heterocycles. The molecule has 0 radical (unpaired) electrons. The summed E-state index contributed by atoms with van der Waals surface area (Å²) < 4.78 is 0. The van der Waals surface area contributed by atoms with Crippen molar-refractivity contribution in [3.63, 3.8) is 0 Å². The third kappa shape index (κ3) is 3.16. The molecule has 1 saturated heterocycles. The summed E-state index contributed by atoms with van der Waals surface area (Å²) in [6.07, 6.45) is 0.915.